The Labute approximate surface area is 311 Å². The number of hydrogen-bond donors (Lipinski definition) is 3. The van der Waals surface area contributed by atoms with Crippen LogP contribution in [-0.2, 0) is 22.2 Å². The molecule has 0 saturated carbocycles. The van der Waals surface area contributed by atoms with E-state index >= 15 is 0 Å². The van der Waals surface area contributed by atoms with Gasteiger partial charge >= 0.3 is 6.18 Å². The van der Waals surface area contributed by atoms with Crippen LogP contribution < -0.4 is 20.9 Å². The summed E-state index contributed by atoms with van der Waals surface area (Å²) in [7, 11) is 1.66. The summed E-state index contributed by atoms with van der Waals surface area (Å²) >= 11 is 0. The summed E-state index contributed by atoms with van der Waals surface area (Å²) in [6.45, 7) is 5.38. The zero-order valence-corrected chi connectivity index (χ0v) is 30.0. The van der Waals surface area contributed by atoms with E-state index in [-0.39, 0.29) is 29.6 Å². The molecule has 2 saturated heterocycles. The maximum absolute atomic E-state index is 13.7. The van der Waals surface area contributed by atoms with Gasteiger partial charge in [0.05, 0.1) is 42.8 Å². The van der Waals surface area contributed by atoms with E-state index in [1.165, 1.54) is 24.4 Å². The van der Waals surface area contributed by atoms with E-state index in [9.17, 15) is 27.6 Å². The summed E-state index contributed by atoms with van der Waals surface area (Å²) in [5.41, 5.74) is 2.64. The van der Waals surface area contributed by atoms with E-state index in [2.05, 4.69) is 30.7 Å². The van der Waals surface area contributed by atoms with E-state index in [0.717, 1.165) is 50.3 Å². The number of amides is 3. The largest absolute Gasteiger partial charge is 0.416 e. The van der Waals surface area contributed by atoms with Gasteiger partial charge < -0.3 is 30.3 Å². The minimum Gasteiger partial charge on any atom is -0.383 e. The zero-order valence-electron chi connectivity index (χ0n) is 30.0. The molecule has 2 aliphatic rings. The molecule has 54 heavy (non-hydrogen) atoms. The zero-order chi connectivity index (χ0) is 38.1. The number of alkyl halides is 3. The molecule has 11 nitrogen and oxygen atoms in total. The van der Waals surface area contributed by atoms with Crippen molar-refractivity contribution in [3.63, 3.8) is 0 Å². The Kier molecular flexibility index (Phi) is 12.6. The fraction of sp³-hybridized carbons (Fsp3) is 0.350. The number of methoxy groups -OCH3 is 1. The molecule has 3 aromatic carbocycles. The third kappa shape index (κ3) is 9.81. The van der Waals surface area contributed by atoms with Crippen LogP contribution in [0.5, 0.6) is 0 Å². The fourth-order valence-electron chi connectivity index (χ4n) is 6.68. The Morgan fingerprint density at radius 2 is 1.61 bits per heavy atom. The minimum atomic E-state index is -4.50. The van der Waals surface area contributed by atoms with Gasteiger partial charge in [-0.3, -0.25) is 24.3 Å². The molecule has 0 spiro atoms. The normalized spacial score (nSPS) is 16.2. The summed E-state index contributed by atoms with van der Waals surface area (Å²) in [5.74, 6) is -1.23. The lowest BCUT2D eigenvalue weighted by atomic mass is 10.0. The number of carbonyl (C=O) groups is 3. The number of morpholine rings is 1. The summed E-state index contributed by atoms with van der Waals surface area (Å²) in [4.78, 5) is 49.0. The van der Waals surface area contributed by atoms with Crippen LogP contribution in [0.2, 0.25) is 0 Å². The Hall–Kier alpha value is -5.31. The fourth-order valence-corrected chi connectivity index (χ4v) is 6.68. The number of anilines is 2. The predicted molar refractivity (Wildman–Crippen MR) is 199 cm³/mol. The van der Waals surface area contributed by atoms with Gasteiger partial charge in [-0.25, -0.2) is 0 Å². The number of carbonyl (C=O) groups excluding carboxylic acids is 3. The molecule has 0 radical (unpaired) electrons. The molecule has 2 aliphatic heterocycles. The maximum Gasteiger partial charge on any atom is 0.416 e. The average Bonchev–Trinajstić information content (AvgIpc) is 3.65. The van der Waals surface area contributed by atoms with E-state index in [4.69, 9.17) is 9.47 Å². The van der Waals surface area contributed by atoms with Crippen molar-refractivity contribution in [2.24, 2.45) is 0 Å². The number of nitrogens with one attached hydrogen (secondary N) is 3. The molecule has 3 amide bonds. The van der Waals surface area contributed by atoms with Crippen LogP contribution in [-0.4, -0.2) is 93.3 Å². The van der Waals surface area contributed by atoms with Gasteiger partial charge in [-0.2, -0.15) is 13.2 Å². The van der Waals surface area contributed by atoms with Crippen LogP contribution >= 0.6 is 0 Å². The Bertz CT molecular complexity index is 1950. The smallest absolute Gasteiger partial charge is 0.383 e. The van der Waals surface area contributed by atoms with Crippen molar-refractivity contribution in [2.45, 2.75) is 31.6 Å². The van der Waals surface area contributed by atoms with Gasteiger partial charge in [-0.15, -0.1) is 0 Å². The number of hydrogen-bond acceptors (Lipinski definition) is 8. The molecular weight excluding hydrogens is 701 g/mol. The lowest BCUT2D eigenvalue weighted by Crippen LogP contribution is -2.41. The first-order valence-corrected chi connectivity index (χ1v) is 17.9. The molecule has 14 heteroatoms. The molecule has 0 bridgehead atoms. The average molecular weight is 745 g/mol. The molecule has 2 fully saturated rings. The Balaban J connectivity index is 1.22. The molecule has 1 unspecified atom stereocenters. The number of ether oxygens (including phenoxy) is 2. The van der Waals surface area contributed by atoms with Crippen molar-refractivity contribution in [2.75, 3.05) is 69.9 Å². The first-order valence-electron chi connectivity index (χ1n) is 17.9. The van der Waals surface area contributed by atoms with Crippen molar-refractivity contribution in [1.29, 1.82) is 0 Å². The van der Waals surface area contributed by atoms with Gasteiger partial charge in [0, 0.05) is 80.5 Å². The highest BCUT2D eigenvalue weighted by atomic mass is 19.4. The van der Waals surface area contributed by atoms with Crippen LogP contribution in [0.3, 0.4) is 0 Å². The molecule has 3 heterocycles. The SMILES string of the molecule is COCC1CCCN1c1ccc(NC(=O)c2cccc(C(=O)NCCN3CCOCC3)c2)c(-c2cc(C(=O)NCc3cccc(C(F)(F)F)c3)ccn2)c1. The summed E-state index contributed by atoms with van der Waals surface area (Å²) in [5, 5.41) is 8.60. The van der Waals surface area contributed by atoms with Crippen molar-refractivity contribution in [3.8, 4) is 11.3 Å². The first-order chi connectivity index (χ1) is 26.1. The van der Waals surface area contributed by atoms with E-state index in [1.807, 2.05) is 12.1 Å². The first kappa shape index (κ1) is 38.4. The second-order valence-corrected chi connectivity index (χ2v) is 13.2. The summed E-state index contributed by atoms with van der Waals surface area (Å²) in [6, 6.07) is 20.1. The quantitative estimate of drug-likeness (QED) is 0.161. The van der Waals surface area contributed by atoms with Crippen molar-refractivity contribution in [1.82, 2.24) is 20.5 Å². The molecule has 1 aromatic heterocycles. The Morgan fingerprint density at radius 1 is 0.870 bits per heavy atom. The van der Waals surface area contributed by atoms with Gasteiger partial charge in [0.1, 0.15) is 0 Å². The van der Waals surface area contributed by atoms with Crippen molar-refractivity contribution >= 4 is 29.1 Å². The lowest BCUT2D eigenvalue weighted by Gasteiger charge is -2.27. The van der Waals surface area contributed by atoms with Gasteiger partial charge in [-0.05, 0) is 79.1 Å². The molecule has 6 rings (SSSR count). The second kappa shape index (κ2) is 17.7. The van der Waals surface area contributed by atoms with Crippen molar-refractivity contribution < 1.29 is 37.0 Å². The summed E-state index contributed by atoms with van der Waals surface area (Å²) < 4.78 is 50.5. The number of benzene rings is 3. The van der Waals surface area contributed by atoms with E-state index in [0.29, 0.717) is 61.0 Å². The number of nitrogens with zero attached hydrogens (tertiary/aromatic N) is 3. The number of aromatic nitrogens is 1. The highest BCUT2D eigenvalue weighted by Gasteiger charge is 2.30. The number of halogens is 3. The van der Waals surface area contributed by atoms with Gasteiger partial charge in [0.15, 0.2) is 0 Å². The van der Waals surface area contributed by atoms with Gasteiger partial charge in [0.2, 0.25) is 0 Å². The van der Waals surface area contributed by atoms with Crippen molar-refractivity contribution in [3.05, 3.63) is 113 Å². The maximum atomic E-state index is 13.7. The molecule has 3 N–H and O–H groups in total. The van der Waals surface area contributed by atoms with E-state index < -0.39 is 23.6 Å². The summed E-state index contributed by atoms with van der Waals surface area (Å²) in [6.07, 6.45) is -1.09. The van der Waals surface area contributed by atoms with Crippen LogP contribution in [0.1, 0.15) is 55.0 Å². The monoisotopic (exact) mass is 744 g/mol. The third-order valence-electron chi connectivity index (χ3n) is 9.53. The predicted octanol–water partition coefficient (Wildman–Crippen LogP) is 5.63. The highest BCUT2D eigenvalue weighted by molar-refractivity contribution is 6.08. The number of rotatable bonds is 13. The minimum absolute atomic E-state index is 0.113. The molecule has 1 atom stereocenters. The molecule has 284 valence electrons. The van der Waals surface area contributed by atoms with Gasteiger partial charge in [0.25, 0.3) is 17.7 Å². The van der Waals surface area contributed by atoms with Crippen LogP contribution in [0.25, 0.3) is 11.3 Å². The van der Waals surface area contributed by atoms with E-state index in [1.54, 1.807) is 43.5 Å². The number of pyridine rings is 1. The standard InChI is InChI=1S/C40H43F3N6O5/c1-53-26-33-9-4-15-49(33)32-10-11-35(47-39(52)29-7-3-6-28(22-29)37(50)45-14-16-48-17-19-54-20-18-48)34(24-32)36-23-30(12-13-44-36)38(51)46-25-27-5-2-8-31(21-27)40(41,42)43/h2-3,5-8,10-13,21-24,33H,4,9,14-20,25-26H2,1H3,(H,45,50)(H,46,51)(H,47,52). The second-order valence-electron chi connectivity index (χ2n) is 13.2. The topological polar surface area (TPSA) is 125 Å². The molecular formula is C40H43F3N6O5. The lowest BCUT2D eigenvalue weighted by molar-refractivity contribution is -0.137. The Morgan fingerprint density at radius 3 is 2.39 bits per heavy atom. The highest BCUT2D eigenvalue weighted by Crippen LogP contribution is 2.35. The van der Waals surface area contributed by atoms with Crippen LogP contribution in [0, 0.1) is 0 Å². The third-order valence-corrected chi connectivity index (χ3v) is 9.53. The van der Waals surface area contributed by atoms with Crippen LogP contribution in [0.15, 0.2) is 85.1 Å². The molecule has 0 aliphatic carbocycles. The van der Waals surface area contributed by atoms with Crippen LogP contribution in [0.4, 0.5) is 24.5 Å². The molecule has 4 aromatic rings. The van der Waals surface area contributed by atoms with Gasteiger partial charge in [-0.1, -0.05) is 18.2 Å².